The van der Waals surface area contributed by atoms with Crippen LogP contribution < -0.4 is 11.1 Å². The first-order valence-electron chi connectivity index (χ1n) is 5.85. The Balaban J connectivity index is 2.61. The van der Waals surface area contributed by atoms with Gasteiger partial charge in [-0.2, -0.15) is 0 Å². The topological polar surface area (TPSA) is 55.1 Å². The third-order valence-electron chi connectivity index (χ3n) is 2.62. The van der Waals surface area contributed by atoms with Gasteiger partial charge in [-0.25, -0.2) is 4.39 Å². The molecule has 0 aliphatic rings. The van der Waals surface area contributed by atoms with Gasteiger partial charge in [0.25, 0.3) is 5.91 Å². The van der Waals surface area contributed by atoms with Crippen LogP contribution in [0.25, 0.3) is 0 Å². The van der Waals surface area contributed by atoms with E-state index in [1.165, 1.54) is 6.07 Å². The minimum atomic E-state index is -0.464. The minimum absolute atomic E-state index is 0.0724. The average molecular weight is 238 g/mol. The molecular weight excluding hydrogens is 219 g/mol. The standard InChI is InChI=1S/C13H19FN2O/c1-3-5-10(15)8-16-13(17)11-7-4-6-9(2)12(11)14/h4,6-7,10H,3,5,8,15H2,1-2H3,(H,16,17). The van der Waals surface area contributed by atoms with Crippen LogP contribution in [0.15, 0.2) is 18.2 Å². The molecule has 1 rings (SSSR count). The Morgan fingerprint density at radius 1 is 1.53 bits per heavy atom. The van der Waals surface area contributed by atoms with E-state index in [0.717, 1.165) is 12.8 Å². The summed E-state index contributed by atoms with van der Waals surface area (Å²) in [6, 6.07) is 4.70. The van der Waals surface area contributed by atoms with E-state index in [-0.39, 0.29) is 11.6 Å². The van der Waals surface area contributed by atoms with Crippen molar-refractivity contribution in [3.05, 3.63) is 35.1 Å². The van der Waals surface area contributed by atoms with Crippen molar-refractivity contribution >= 4 is 5.91 Å². The predicted molar refractivity (Wildman–Crippen MR) is 66.4 cm³/mol. The van der Waals surface area contributed by atoms with Gasteiger partial charge < -0.3 is 11.1 Å². The second-order valence-corrected chi connectivity index (χ2v) is 4.20. The van der Waals surface area contributed by atoms with Crippen LogP contribution in [-0.2, 0) is 0 Å². The van der Waals surface area contributed by atoms with Crippen molar-refractivity contribution in [3.8, 4) is 0 Å². The normalized spacial score (nSPS) is 12.2. The Morgan fingerprint density at radius 2 is 2.24 bits per heavy atom. The number of benzene rings is 1. The highest BCUT2D eigenvalue weighted by Crippen LogP contribution is 2.11. The van der Waals surface area contributed by atoms with Crippen LogP contribution in [-0.4, -0.2) is 18.5 Å². The Labute approximate surface area is 101 Å². The van der Waals surface area contributed by atoms with Crippen LogP contribution in [0, 0.1) is 12.7 Å². The number of hydrogen-bond acceptors (Lipinski definition) is 2. The van der Waals surface area contributed by atoms with Gasteiger partial charge >= 0.3 is 0 Å². The highest BCUT2D eigenvalue weighted by molar-refractivity contribution is 5.94. The maximum Gasteiger partial charge on any atom is 0.254 e. The van der Waals surface area contributed by atoms with Crippen LogP contribution in [0.2, 0.25) is 0 Å². The van der Waals surface area contributed by atoms with Crippen molar-refractivity contribution in [2.75, 3.05) is 6.54 Å². The lowest BCUT2D eigenvalue weighted by Crippen LogP contribution is -2.37. The Hall–Kier alpha value is -1.42. The van der Waals surface area contributed by atoms with Gasteiger partial charge in [-0.3, -0.25) is 4.79 Å². The lowest BCUT2D eigenvalue weighted by atomic mass is 10.1. The summed E-state index contributed by atoms with van der Waals surface area (Å²) in [6.45, 7) is 4.04. The molecule has 1 atom stereocenters. The number of rotatable bonds is 5. The minimum Gasteiger partial charge on any atom is -0.350 e. The van der Waals surface area contributed by atoms with Gasteiger partial charge in [0.1, 0.15) is 5.82 Å². The quantitative estimate of drug-likeness (QED) is 0.824. The lowest BCUT2D eigenvalue weighted by molar-refractivity contribution is 0.0946. The summed E-state index contributed by atoms with van der Waals surface area (Å²) >= 11 is 0. The molecule has 0 spiro atoms. The Bertz CT molecular complexity index is 393. The van der Waals surface area contributed by atoms with Crippen molar-refractivity contribution in [1.29, 1.82) is 0 Å². The first-order chi connectivity index (χ1) is 8.06. The molecule has 0 saturated heterocycles. The zero-order valence-corrected chi connectivity index (χ0v) is 10.3. The van der Waals surface area contributed by atoms with E-state index in [1.807, 2.05) is 6.92 Å². The van der Waals surface area contributed by atoms with Gasteiger partial charge in [0.2, 0.25) is 0 Å². The van der Waals surface area contributed by atoms with E-state index in [4.69, 9.17) is 5.73 Å². The molecule has 0 aliphatic heterocycles. The smallest absolute Gasteiger partial charge is 0.254 e. The molecule has 4 heteroatoms. The number of amides is 1. The maximum absolute atomic E-state index is 13.6. The van der Waals surface area contributed by atoms with Crippen molar-refractivity contribution in [2.45, 2.75) is 32.7 Å². The average Bonchev–Trinajstić information content (AvgIpc) is 2.30. The Morgan fingerprint density at radius 3 is 2.88 bits per heavy atom. The second kappa shape index (κ2) is 6.35. The fourth-order valence-electron chi connectivity index (χ4n) is 1.61. The van der Waals surface area contributed by atoms with E-state index in [0.29, 0.717) is 12.1 Å². The number of nitrogens with one attached hydrogen (secondary N) is 1. The Kier molecular flexibility index (Phi) is 5.10. The SMILES string of the molecule is CCCC(N)CNC(=O)c1cccc(C)c1F. The zero-order chi connectivity index (χ0) is 12.8. The molecule has 1 aromatic rings. The number of carbonyl (C=O) groups is 1. The van der Waals surface area contributed by atoms with E-state index in [1.54, 1.807) is 19.1 Å². The third kappa shape index (κ3) is 3.82. The van der Waals surface area contributed by atoms with Crippen LogP contribution in [0.3, 0.4) is 0 Å². The monoisotopic (exact) mass is 238 g/mol. The highest BCUT2D eigenvalue weighted by atomic mass is 19.1. The molecule has 0 radical (unpaired) electrons. The van der Waals surface area contributed by atoms with Crippen LogP contribution in [0.5, 0.6) is 0 Å². The van der Waals surface area contributed by atoms with E-state index in [9.17, 15) is 9.18 Å². The first-order valence-corrected chi connectivity index (χ1v) is 5.85. The summed E-state index contributed by atoms with van der Waals surface area (Å²) in [4.78, 5) is 11.7. The van der Waals surface area contributed by atoms with Crippen LogP contribution in [0.4, 0.5) is 4.39 Å². The molecule has 17 heavy (non-hydrogen) atoms. The number of aryl methyl sites for hydroxylation is 1. The molecule has 1 aromatic carbocycles. The largest absolute Gasteiger partial charge is 0.350 e. The maximum atomic E-state index is 13.6. The summed E-state index contributed by atoms with van der Waals surface area (Å²) < 4.78 is 13.6. The molecule has 94 valence electrons. The zero-order valence-electron chi connectivity index (χ0n) is 10.3. The highest BCUT2D eigenvalue weighted by Gasteiger charge is 2.13. The molecule has 1 amide bonds. The van der Waals surface area contributed by atoms with Crippen LogP contribution >= 0.6 is 0 Å². The van der Waals surface area contributed by atoms with Crippen LogP contribution in [0.1, 0.15) is 35.7 Å². The fraction of sp³-hybridized carbons (Fsp3) is 0.462. The van der Waals surface area contributed by atoms with Gasteiger partial charge in [0.05, 0.1) is 5.56 Å². The molecular formula is C13H19FN2O. The molecule has 3 nitrogen and oxygen atoms in total. The van der Waals surface area contributed by atoms with Crippen molar-refractivity contribution in [3.63, 3.8) is 0 Å². The van der Waals surface area contributed by atoms with Gasteiger partial charge in [-0.05, 0) is 25.0 Å². The summed E-state index contributed by atoms with van der Waals surface area (Å²) in [5.74, 6) is -0.869. The molecule has 0 heterocycles. The summed E-state index contributed by atoms with van der Waals surface area (Å²) in [7, 11) is 0. The number of nitrogens with two attached hydrogens (primary N) is 1. The van der Waals surface area contributed by atoms with Gasteiger partial charge in [-0.1, -0.05) is 25.5 Å². The van der Waals surface area contributed by atoms with Crippen molar-refractivity contribution in [1.82, 2.24) is 5.32 Å². The second-order valence-electron chi connectivity index (χ2n) is 4.20. The summed E-state index contributed by atoms with van der Waals surface area (Å²) in [5.41, 5.74) is 6.32. The molecule has 0 saturated carbocycles. The summed E-state index contributed by atoms with van der Waals surface area (Å²) in [5, 5.41) is 2.65. The molecule has 0 fully saturated rings. The molecule has 0 aliphatic carbocycles. The van der Waals surface area contributed by atoms with Gasteiger partial charge in [0.15, 0.2) is 0 Å². The van der Waals surface area contributed by atoms with Crippen molar-refractivity contribution < 1.29 is 9.18 Å². The number of hydrogen-bond donors (Lipinski definition) is 2. The van der Waals surface area contributed by atoms with E-state index in [2.05, 4.69) is 5.32 Å². The van der Waals surface area contributed by atoms with E-state index < -0.39 is 11.7 Å². The molecule has 3 N–H and O–H groups in total. The third-order valence-corrected chi connectivity index (χ3v) is 2.62. The fourth-order valence-corrected chi connectivity index (χ4v) is 1.61. The van der Waals surface area contributed by atoms with E-state index >= 15 is 0 Å². The van der Waals surface area contributed by atoms with Gasteiger partial charge in [-0.15, -0.1) is 0 Å². The molecule has 1 unspecified atom stereocenters. The van der Waals surface area contributed by atoms with Gasteiger partial charge in [0, 0.05) is 12.6 Å². The molecule has 0 bridgehead atoms. The number of halogens is 1. The number of carbonyl (C=O) groups excluding carboxylic acids is 1. The van der Waals surface area contributed by atoms with Crippen molar-refractivity contribution in [2.24, 2.45) is 5.73 Å². The first kappa shape index (κ1) is 13.6. The lowest BCUT2D eigenvalue weighted by Gasteiger charge is -2.12. The molecule has 0 aromatic heterocycles. The predicted octanol–water partition coefficient (Wildman–Crippen LogP) is 1.99. The summed E-state index contributed by atoms with van der Waals surface area (Å²) in [6.07, 6.45) is 1.81.